The number of aliphatic hydroxyl groups is 1. The summed E-state index contributed by atoms with van der Waals surface area (Å²) in [6, 6.07) is 11.3. The molecule has 1 aromatic rings. The maximum Gasteiger partial charge on any atom is 0.0474 e. The van der Waals surface area contributed by atoms with Crippen LogP contribution in [0.2, 0.25) is 0 Å². The van der Waals surface area contributed by atoms with Crippen molar-refractivity contribution in [3.05, 3.63) is 35.9 Å². The van der Waals surface area contributed by atoms with Crippen molar-refractivity contribution in [2.24, 2.45) is 11.8 Å². The van der Waals surface area contributed by atoms with E-state index in [1.165, 1.54) is 24.8 Å². The summed E-state index contributed by atoms with van der Waals surface area (Å²) in [7, 11) is 0. The van der Waals surface area contributed by atoms with Gasteiger partial charge in [0.2, 0.25) is 0 Å². The molecule has 2 nitrogen and oxygen atoms in total. The molecule has 1 aliphatic rings. The Morgan fingerprint density at radius 1 is 1.21 bits per heavy atom. The average molecular weight is 261 g/mol. The lowest BCUT2D eigenvalue weighted by Crippen LogP contribution is -2.37. The van der Waals surface area contributed by atoms with Gasteiger partial charge in [0.05, 0.1) is 0 Å². The number of hydrogen-bond donors (Lipinski definition) is 2. The Hall–Kier alpha value is -0.860. The lowest BCUT2D eigenvalue weighted by Gasteiger charge is -2.26. The van der Waals surface area contributed by atoms with Crippen LogP contribution in [0.5, 0.6) is 0 Å². The van der Waals surface area contributed by atoms with E-state index in [0.29, 0.717) is 30.4 Å². The zero-order valence-corrected chi connectivity index (χ0v) is 12.2. The van der Waals surface area contributed by atoms with Crippen molar-refractivity contribution in [3.63, 3.8) is 0 Å². The van der Waals surface area contributed by atoms with Crippen molar-refractivity contribution < 1.29 is 5.11 Å². The number of hydrogen-bond acceptors (Lipinski definition) is 2. The summed E-state index contributed by atoms with van der Waals surface area (Å²) in [6.45, 7) is 5.92. The molecule has 19 heavy (non-hydrogen) atoms. The predicted octanol–water partition coefficient (Wildman–Crippen LogP) is 3.18. The fraction of sp³-hybridized carbons (Fsp3) is 0.647. The first kappa shape index (κ1) is 14.5. The molecule has 3 unspecified atom stereocenters. The van der Waals surface area contributed by atoms with Gasteiger partial charge in [-0.05, 0) is 36.2 Å². The van der Waals surface area contributed by atoms with Gasteiger partial charge in [0, 0.05) is 19.2 Å². The van der Waals surface area contributed by atoms with Gasteiger partial charge in [-0.3, -0.25) is 0 Å². The predicted molar refractivity (Wildman–Crippen MR) is 80.2 cm³/mol. The third-order valence-corrected chi connectivity index (χ3v) is 4.53. The molecule has 0 aromatic heterocycles. The molecule has 0 radical (unpaired) electrons. The molecular weight excluding hydrogens is 234 g/mol. The van der Waals surface area contributed by atoms with Crippen LogP contribution in [0.15, 0.2) is 30.3 Å². The Bertz CT molecular complexity index is 363. The minimum Gasteiger partial charge on any atom is -0.396 e. The molecule has 1 aromatic carbocycles. The fourth-order valence-corrected chi connectivity index (χ4v) is 3.24. The maximum atomic E-state index is 9.39. The summed E-state index contributed by atoms with van der Waals surface area (Å²) >= 11 is 0. The zero-order valence-electron chi connectivity index (χ0n) is 12.2. The van der Waals surface area contributed by atoms with Gasteiger partial charge >= 0.3 is 0 Å². The van der Waals surface area contributed by atoms with Gasteiger partial charge in [0.1, 0.15) is 0 Å². The molecule has 2 N–H and O–H groups in total. The van der Waals surface area contributed by atoms with Crippen LogP contribution in [0.1, 0.15) is 44.6 Å². The lowest BCUT2D eigenvalue weighted by atomic mass is 9.88. The highest BCUT2D eigenvalue weighted by atomic mass is 16.3. The highest BCUT2D eigenvalue weighted by molar-refractivity contribution is 5.20. The molecule has 0 bridgehead atoms. The summed E-state index contributed by atoms with van der Waals surface area (Å²) < 4.78 is 0. The van der Waals surface area contributed by atoms with Crippen LogP contribution in [0.25, 0.3) is 0 Å². The van der Waals surface area contributed by atoms with E-state index in [1.54, 1.807) is 0 Å². The first-order valence-electron chi connectivity index (χ1n) is 7.61. The van der Waals surface area contributed by atoms with E-state index in [0.717, 1.165) is 6.54 Å². The van der Waals surface area contributed by atoms with Crippen LogP contribution in [-0.2, 0) is 0 Å². The van der Waals surface area contributed by atoms with Gasteiger partial charge in [-0.2, -0.15) is 0 Å². The molecule has 0 heterocycles. The number of rotatable bonds is 6. The monoisotopic (exact) mass is 261 g/mol. The van der Waals surface area contributed by atoms with E-state index >= 15 is 0 Å². The second-order valence-electron chi connectivity index (χ2n) is 6.15. The molecule has 0 saturated heterocycles. The number of nitrogens with one attached hydrogen (secondary N) is 1. The molecule has 1 aliphatic carbocycles. The maximum absolute atomic E-state index is 9.39. The third-order valence-electron chi connectivity index (χ3n) is 4.53. The van der Waals surface area contributed by atoms with Gasteiger partial charge in [0.25, 0.3) is 0 Å². The topological polar surface area (TPSA) is 32.3 Å². The van der Waals surface area contributed by atoms with Gasteiger partial charge in [0.15, 0.2) is 0 Å². The SMILES string of the molecule is CC(C)C(CNC1CCCC1CO)c1ccccc1. The van der Waals surface area contributed by atoms with Crippen molar-refractivity contribution >= 4 is 0 Å². The van der Waals surface area contributed by atoms with Crippen molar-refractivity contribution in [2.75, 3.05) is 13.2 Å². The van der Waals surface area contributed by atoms with Crippen molar-refractivity contribution in [2.45, 2.75) is 45.1 Å². The van der Waals surface area contributed by atoms with Crippen LogP contribution >= 0.6 is 0 Å². The second kappa shape index (κ2) is 7.06. The van der Waals surface area contributed by atoms with E-state index in [4.69, 9.17) is 0 Å². The molecule has 106 valence electrons. The van der Waals surface area contributed by atoms with E-state index in [1.807, 2.05) is 0 Å². The Balaban J connectivity index is 1.95. The number of aliphatic hydroxyl groups excluding tert-OH is 1. The summed E-state index contributed by atoms with van der Waals surface area (Å²) in [5.74, 6) is 1.65. The van der Waals surface area contributed by atoms with Crippen LogP contribution < -0.4 is 5.32 Å². The molecule has 1 fully saturated rings. The standard InChI is InChI=1S/C17H27NO/c1-13(2)16(14-7-4-3-5-8-14)11-18-17-10-6-9-15(17)12-19/h3-5,7-8,13,15-19H,6,9-12H2,1-2H3. The fourth-order valence-electron chi connectivity index (χ4n) is 3.24. The Kier molecular flexibility index (Phi) is 5.41. The minimum atomic E-state index is 0.329. The summed E-state index contributed by atoms with van der Waals surface area (Å²) in [6.07, 6.45) is 3.64. The van der Waals surface area contributed by atoms with Gasteiger partial charge in [-0.15, -0.1) is 0 Å². The zero-order chi connectivity index (χ0) is 13.7. The third kappa shape index (κ3) is 3.80. The van der Waals surface area contributed by atoms with E-state index < -0.39 is 0 Å². The van der Waals surface area contributed by atoms with Crippen molar-refractivity contribution in [3.8, 4) is 0 Å². The Morgan fingerprint density at radius 2 is 1.95 bits per heavy atom. The van der Waals surface area contributed by atoms with Gasteiger partial charge < -0.3 is 10.4 Å². The van der Waals surface area contributed by atoms with E-state index in [-0.39, 0.29) is 0 Å². The van der Waals surface area contributed by atoms with Crippen LogP contribution in [-0.4, -0.2) is 24.3 Å². The molecule has 2 heteroatoms. The molecular formula is C17H27NO. The Morgan fingerprint density at radius 3 is 2.58 bits per heavy atom. The minimum absolute atomic E-state index is 0.329. The summed E-state index contributed by atoms with van der Waals surface area (Å²) in [5, 5.41) is 13.1. The van der Waals surface area contributed by atoms with Crippen molar-refractivity contribution in [1.29, 1.82) is 0 Å². The van der Waals surface area contributed by atoms with Crippen LogP contribution in [0.3, 0.4) is 0 Å². The quantitative estimate of drug-likeness (QED) is 0.824. The largest absolute Gasteiger partial charge is 0.396 e. The van der Waals surface area contributed by atoms with Crippen LogP contribution in [0, 0.1) is 11.8 Å². The van der Waals surface area contributed by atoms with Gasteiger partial charge in [-0.1, -0.05) is 50.6 Å². The lowest BCUT2D eigenvalue weighted by molar-refractivity contribution is 0.203. The highest BCUT2D eigenvalue weighted by Gasteiger charge is 2.27. The highest BCUT2D eigenvalue weighted by Crippen LogP contribution is 2.28. The number of benzene rings is 1. The van der Waals surface area contributed by atoms with E-state index in [9.17, 15) is 5.11 Å². The van der Waals surface area contributed by atoms with Crippen molar-refractivity contribution in [1.82, 2.24) is 5.32 Å². The molecule has 3 atom stereocenters. The van der Waals surface area contributed by atoms with Crippen LogP contribution in [0.4, 0.5) is 0 Å². The average Bonchev–Trinajstić information content (AvgIpc) is 2.87. The molecule has 0 amide bonds. The first-order chi connectivity index (χ1) is 9.22. The second-order valence-corrected chi connectivity index (χ2v) is 6.15. The molecule has 0 spiro atoms. The molecule has 2 rings (SSSR count). The Labute approximate surface area is 117 Å². The normalized spacial score (nSPS) is 24.8. The van der Waals surface area contributed by atoms with E-state index in [2.05, 4.69) is 49.5 Å². The molecule has 1 saturated carbocycles. The smallest absolute Gasteiger partial charge is 0.0474 e. The first-order valence-corrected chi connectivity index (χ1v) is 7.61. The van der Waals surface area contributed by atoms with Gasteiger partial charge in [-0.25, -0.2) is 0 Å². The summed E-state index contributed by atoms with van der Waals surface area (Å²) in [4.78, 5) is 0. The molecule has 0 aliphatic heterocycles. The summed E-state index contributed by atoms with van der Waals surface area (Å²) in [5.41, 5.74) is 1.42.